The van der Waals surface area contributed by atoms with Crippen molar-refractivity contribution >= 4 is 17.4 Å². The molecule has 0 N–H and O–H groups in total. The van der Waals surface area contributed by atoms with Gasteiger partial charge in [-0.05, 0) is 22.4 Å². The second-order valence-corrected chi connectivity index (χ2v) is 2.60. The van der Waals surface area contributed by atoms with Gasteiger partial charge in [-0.2, -0.15) is 16.6 Å². The predicted octanol–water partition coefficient (Wildman–Crippen LogP) is 2.67. The van der Waals surface area contributed by atoms with Crippen molar-refractivity contribution in [2.75, 3.05) is 0 Å². The highest BCUT2D eigenvalue weighted by atomic mass is 32.1. The van der Waals surface area contributed by atoms with E-state index in [1.807, 2.05) is 35.0 Å². The highest BCUT2D eigenvalue weighted by molar-refractivity contribution is 7.08. The first-order chi connectivity index (χ1) is 4.93. The molecule has 0 saturated carbocycles. The van der Waals surface area contributed by atoms with Crippen molar-refractivity contribution in [3.05, 3.63) is 28.5 Å². The predicted molar refractivity (Wildman–Crippen MR) is 43.6 cm³/mol. The zero-order chi connectivity index (χ0) is 7.23. The summed E-state index contributed by atoms with van der Waals surface area (Å²) in [7, 11) is 0. The van der Waals surface area contributed by atoms with E-state index in [-0.39, 0.29) is 0 Å². The third kappa shape index (κ3) is 2.04. The fourth-order valence-electron chi connectivity index (χ4n) is 0.618. The minimum Gasteiger partial charge on any atom is -0.198 e. The third-order valence-electron chi connectivity index (χ3n) is 1.06. The lowest BCUT2D eigenvalue weighted by Crippen LogP contribution is -1.59. The molecule has 0 fully saturated rings. The van der Waals surface area contributed by atoms with Crippen LogP contribution in [-0.2, 0) is 0 Å². The van der Waals surface area contributed by atoms with Crippen molar-refractivity contribution in [1.29, 1.82) is 5.26 Å². The number of hydrogen-bond acceptors (Lipinski definition) is 2. The van der Waals surface area contributed by atoms with Gasteiger partial charge >= 0.3 is 0 Å². The Morgan fingerprint density at radius 3 is 3.20 bits per heavy atom. The molecule has 0 aliphatic carbocycles. The van der Waals surface area contributed by atoms with Crippen LogP contribution in [0.4, 0.5) is 0 Å². The third-order valence-corrected chi connectivity index (χ3v) is 1.76. The van der Waals surface area contributed by atoms with Gasteiger partial charge in [0.2, 0.25) is 0 Å². The first kappa shape index (κ1) is 7.04. The van der Waals surface area contributed by atoms with Crippen molar-refractivity contribution in [2.24, 2.45) is 0 Å². The Bertz CT molecular complexity index is 241. The van der Waals surface area contributed by atoms with Gasteiger partial charge in [0.1, 0.15) is 0 Å². The van der Waals surface area contributed by atoms with Gasteiger partial charge in [0.25, 0.3) is 0 Å². The molecule has 10 heavy (non-hydrogen) atoms. The summed E-state index contributed by atoms with van der Waals surface area (Å²) in [5.41, 5.74) is 1.18. The Balaban J connectivity index is 2.49. The molecule has 0 amide bonds. The fourth-order valence-corrected chi connectivity index (χ4v) is 1.25. The van der Waals surface area contributed by atoms with E-state index >= 15 is 0 Å². The molecule has 0 spiro atoms. The van der Waals surface area contributed by atoms with Crippen LogP contribution >= 0.6 is 11.3 Å². The summed E-state index contributed by atoms with van der Waals surface area (Å²) in [6.45, 7) is 0. The summed E-state index contributed by atoms with van der Waals surface area (Å²) in [5, 5.41) is 12.3. The minimum atomic E-state index is 0.496. The Morgan fingerprint density at radius 2 is 2.60 bits per heavy atom. The van der Waals surface area contributed by atoms with Gasteiger partial charge in [0.15, 0.2) is 0 Å². The molecular weight excluding hydrogens is 142 g/mol. The molecule has 0 unspecified atom stereocenters. The van der Waals surface area contributed by atoms with Gasteiger partial charge in [-0.25, -0.2) is 0 Å². The van der Waals surface area contributed by atoms with E-state index in [9.17, 15) is 0 Å². The lowest BCUT2D eigenvalue weighted by atomic mass is 10.3. The molecule has 0 aromatic carbocycles. The van der Waals surface area contributed by atoms with E-state index in [2.05, 4.69) is 0 Å². The van der Waals surface area contributed by atoms with E-state index in [1.54, 1.807) is 11.3 Å². The van der Waals surface area contributed by atoms with E-state index < -0.39 is 0 Å². The summed E-state index contributed by atoms with van der Waals surface area (Å²) < 4.78 is 0. The van der Waals surface area contributed by atoms with Crippen LogP contribution in [0.2, 0.25) is 0 Å². The van der Waals surface area contributed by atoms with E-state index in [0.29, 0.717) is 6.42 Å². The molecule has 1 heterocycles. The van der Waals surface area contributed by atoms with Crippen molar-refractivity contribution in [3.8, 4) is 6.07 Å². The van der Waals surface area contributed by atoms with Crippen molar-refractivity contribution < 1.29 is 0 Å². The average molecular weight is 149 g/mol. The molecule has 0 bridgehead atoms. The average Bonchev–Trinajstić information content (AvgIpc) is 2.41. The molecule has 1 nitrogen and oxygen atoms in total. The fraction of sp³-hybridized carbons (Fsp3) is 0.125. The maximum absolute atomic E-state index is 8.20. The molecule has 50 valence electrons. The van der Waals surface area contributed by atoms with Gasteiger partial charge in [0, 0.05) is 0 Å². The van der Waals surface area contributed by atoms with Crippen LogP contribution in [0.25, 0.3) is 6.08 Å². The Morgan fingerprint density at radius 1 is 1.70 bits per heavy atom. The lowest BCUT2D eigenvalue weighted by Gasteiger charge is -1.78. The largest absolute Gasteiger partial charge is 0.198 e. The molecule has 1 rings (SSSR count). The molecular formula is C8H7NS. The quantitative estimate of drug-likeness (QED) is 0.634. The summed E-state index contributed by atoms with van der Waals surface area (Å²) >= 11 is 1.66. The van der Waals surface area contributed by atoms with Gasteiger partial charge in [-0.15, -0.1) is 0 Å². The van der Waals surface area contributed by atoms with Gasteiger partial charge < -0.3 is 0 Å². The van der Waals surface area contributed by atoms with E-state index in [0.717, 1.165) is 0 Å². The molecule has 1 aromatic rings. The van der Waals surface area contributed by atoms with Crippen molar-refractivity contribution in [3.63, 3.8) is 0 Å². The zero-order valence-corrected chi connectivity index (χ0v) is 6.27. The van der Waals surface area contributed by atoms with Gasteiger partial charge in [-0.3, -0.25) is 0 Å². The minimum absolute atomic E-state index is 0.496. The number of nitrogens with zero attached hydrogens (tertiary/aromatic N) is 1. The molecule has 2 heteroatoms. The van der Waals surface area contributed by atoms with Crippen LogP contribution in [-0.4, -0.2) is 0 Å². The van der Waals surface area contributed by atoms with Gasteiger partial charge in [0.05, 0.1) is 12.5 Å². The van der Waals surface area contributed by atoms with Crippen molar-refractivity contribution in [2.45, 2.75) is 6.42 Å². The maximum Gasteiger partial charge on any atom is 0.0663 e. The van der Waals surface area contributed by atoms with Gasteiger partial charge in [-0.1, -0.05) is 12.2 Å². The van der Waals surface area contributed by atoms with Crippen LogP contribution in [0, 0.1) is 11.3 Å². The molecule has 0 aliphatic heterocycles. The molecule has 0 saturated heterocycles. The Kier molecular flexibility index (Phi) is 2.72. The number of hydrogen-bond donors (Lipinski definition) is 0. The van der Waals surface area contributed by atoms with Crippen LogP contribution in [0.15, 0.2) is 22.9 Å². The normalized spacial score (nSPS) is 9.90. The monoisotopic (exact) mass is 149 g/mol. The summed E-state index contributed by atoms with van der Waals surface area (Å²) in [6.07, 6.45) is 4.32. The van der Waals surface area contributed by atoms with E-state index in [1.165, 1.54) is 5.56 Å². The van der Waals surface area contributed by atoms with Crippen LogP contribution in [0.1, 0.15) is 12.0 Å². The highest BCUT2D eigenvalue weighted by Crippen LogP contribution is 2.07. The molecule has 0 aliphatic rings. The highest BCUT2D eigenvalue weighted by Gasteiger charge is 1.82. The molecule has 0 atom stereocenters. The Hall–Kier alpha value is -1.07. The summed E-state index contributed by atoms with van der Waals surface area (Å²) in [4.78, 5) is 0. The second kappa shape index (κ2) is 3.86. The lowest BCUT2D eigenvalue weighted by molar-refractivity contribution is 1.36. The number of rotatable bonds is 2. The summed E-state index contributed by atoms with van der Waals surface area (Å²) in [6, 6.07) is 4.07. The van der Waals surface area contributed by atoms with Crippen LogP contribution in [0.3, 0.4) is 0 Å². The smallest absolute Gasteiger partial charge is 0.0663 e. The standard InChI is InChI=1S/C8H7NS/c9-5-2-1-3-8-4-6-10-7-8/h1,3-4,6-7H,2H2/b3-1+. The number of nitriles is 1. The van der Waals surface area contributed by atoms with Crippen molar-refractivity contribution in [1.82, 2.24) is 0 Å². The SMILES string of the molecule is N#CC/C=C/c1ccsc1. The maximum atomic E-state index is 8.20. The topological polar surface area (TPSA) is 23.8 Å². The molecule has 0 radical (unpaired) electrons. The number of thiophene rings is 1. The van der Waals surface area contributed by atoms with E-state index in [4.69, 9.17) is 5.26 Å². The number of allylic oxidation sites excluding steroid dienone is 1. The first-order valence-electron chi connectivity index (χ1n) is 2.99. The molecule has 1 aromatic heterocycles. The van der Waals surface area contributed by atoms with Crippen LogP contribution in [0.5, 0.6) is 0 Å². The zero-order valence-electron chi connectivity index (χ0n) is 5.45. The first-order valence-corrected chi connectivity index (χ1v) is 3.93. The van der Waals surface area contributed by atoms with Crippen LogP contribution < -0.4 is 0 Å². The Labute approximate surface area is 64.2 Å². The second-order valence-electron chi connectivity index (χ2n) is 1.82. The summed E-state index contributed by atoms with van der Waals surface area (Å²) in [5.74, 6) is 0.